The van der Waals surface area contributed by atoms with Crippen molar-refractivity contribution in [3.8, 4) is 0 Å². The molecule has 0 amide bonds. The molecule has 3 aliphatic rings. The van der Waals surface area contributed by atoms with E-state index < -0.39 is 0 Å². The van der Waals surface area contributed by atoms with Gasteiger partial charge >= 0.3 is 0 Å². The fourth-order valence-corrected chi connectivity index (χ4v) is 6.21. The van der Waals surface area contributed by atoms with Gasteiger partial charge in [0.1, 0.15) is 0 Å². The van der Waals surface area contributed by atoms with E-state index in [1.54, 1.807) is 0 Å². The predicted octanol–water partition coefficient (Wildman–Crippen LogP) is 8.92. The highest BCUT2D eigenvalue weighted by Gasteiger charge is 2.41. The van der Waals surface area contributed by atoms with Crippen LogP contribution in [0.5, 0.6) is 0 Å². The minimum atomic E-state index is 0.301. The second-order valence-electron chi connectivity index (χ2n) is 9.94. The third-order valence-corrected chi connectivity index (χ3v) is 7.69. The maximum atomic E-state index is 4.70. The molecule has 3 aliphatic carbocycles. The van der Waals surface area contributed by atoms with E-state index in [-0.39, 0.29) is 0 Å². The molecule has 2 aromatic rings. The summed E-state index contributed by atoms with van der Waals surface area (Å²) in [5, 5.41) is 0. The number of fused-ring (bicyclic) bond motifs is 2. The number of hydrogen-bond acceptors (Lipinski definition) is 0. The number of allylic oxidation sites excluding steroid dienone is 10. The Bertz CT molecular complexity index is 1260. The van der Waals surface area contributed by atoms with Gasteiger partial charge < -0.3 is 0 Å². The molecular formula is C33H34. The molecule has 0 N–H and O–H groups in total. The van der Waals surface area contributed by atoms with E-state index in [2.05, 4.69) is 94.1 Å². The van der Waals surface area contributed by atoms with Gasteiger partial charge in [-0.15, -0.1) is 0 Å². The first kappa shape index (κ1) is 21.7. The summed E-state index contributed by atoms with van der Waals surface area (Å²) in [6.45, 7) is 16.0. The van der Waals surface area contributed by atoms with Gasteiger partial charge in [0.05, 0.1) is 0 Å². The van der Waals surface area contributed by atoms with Crippen molar-refractivity contribution in [3.63, 3.8) is 0 Å². The van der Waals surface area contributed by atoms with Gasteiger partial charge in [-0.2, -0.15) is 0 Å². The van der Waals surface area contributed by atoms with Gasteiger partial charge in [0, 0.05) is 11.8 Å². The molecule has 0 radical (unpaired) electrons. The van der Waals surface area contributed by atoms with Crippen molar-refractivity contribution >= 4 is 5.57 Å². The fraction of sp³-hybridized carbons (Fsp3) is 0.273. The lowest BCUT2D eigenvalue weighted by atomic mass is 9.69. The Morgan fingerprint density at radius 3 is 2.45 bits per heavy atom. The summed E-state index contributed by atoms with van der Waals surface area (Å²) in [7, 11) is 0. The molecule has 0 nitrogen and oxygen atoms in total. The third kappa shape index (κ3) is 3.72. The summed E-state index contributed by atoms with van der Waals surface area (Å²) in [5.74, 6) is 0.623. The topological polar surface area (TPSA) is 0 Å². The molecule has 1 saturated carbocycles. The molecule has 2 atom stereocenters. The third-order valence-electron chi connectivity index (χ3n) is 7.69. The molecule has 0 heterocycles. The summed E-state index contributed by atoms with van der Waals surface area (Å²) in [6.07, 6.45) is 9.11. The smallest absolute Gasteiger partial charge is 0.0201 e. The van der Waals surface area contributed by atoms with Gasteiger partial charge in [-0.25, -0.2) is 0 Å². The van der Waals surface area contributed by atoms with Gasteiger partial charge in [0.2, 0.25) is 0 Å². The molecule has 0 spiro atoms. The Morgan fingerprint density at radius 2 is 1.70 bits per heavy atom. The predicted molar refractivity (Wildman–Crippen MR) is 142 cm³/mol. The molecule has 0 heteroatoms. The van der Waals surface area contributed by atoms with Crippen molar-refractivity contribution in [2.24, 2.45) is 5.92 Å². The van der Waals surface area contributed by atoms with Gasteiger partial charge in [0.15, 0.2) is 0 Å². The lowest BCUT2D eigenvalue weighted by Crippen LogP contribution is -2.21. The van der Waals surface area contributed by atoms with Crippen LogP contribution in [0.15, 0.2) is 119 Å². The molecule has 2 aromatic carbocycles. The van der Waals surface area contributed by atoms with Crippen LogP contribution in [0.1, 0.15) is 62.6 Å². The van der Waals surface area contributed by atoms with Crippen LogP contribution in [-0.2, 0) is 6.42 Å². The van der Waals surface area contributed by atoms with Gasteiger partial charge in [-0.3, -0.25) is 0 Å². The summed E-state index contributed by atoms with van der Waals surface area (Å²) in [4.78, 5) is 0. The summed E-state index contributed by atoms with van der Waals surface area (Å²) < 4.78 is 0. The molecule has 5 rings (SSSR count). The lowest BCUT2D eigenvalue weighted by molar-refractivity contribution is 0.619. The van der Waals surface area contributed by atoms with E-state index in [0.29, 0.717) is 11.8 Å². The Balaban J connectivity index is 1.58. The van der Waals surface area contributed by atoms with Gasteiger partial charge in [0.25, 0.3) is 0 Å². The van der Waals surface area contributed by atoms with Crippen molar-refractivity contribution in [1.29, 1.82) is 0 Å². The van der Waals surface area contributed by atoms with Crippen LogP contribution in [0.4, 0.5) is 0 Å². The average molecular weight is 431 g/mol. The van der Waals surface area contributed by atoms with Crippen molar-refractivity contribution in [2.45, 2.75) is 52.4 Å². The van der Waals surface area contributed by atoms with E-state index >= 15 is 0 Å². The highest BCUT2D eigenvalue weighted by atomic mass is 14.4. The van der Waals surface area contributed by atoms with E-state index in [1.165, 1.54) is 61.3 Å². The van der Waals surface area contributed by atoms with Crippen molar-refractivity contribution in [3.05, 3.63) is 136 Å². The van der Waals surface area contributed by atoms with Gasteiger partial charge in [-0.1, -0.05) is 110 Å². The van der Waals surface area contributed by atoms with Crippen LogP contribution >= 0.6 is 0 Å². The monoisotopic (exact) mass is 430 g/mol. The first-order chi connectivity index (χ1) is 16.0. The molecule has 0 bridgehead atoms. The molecule has 0 saturated heterocycles. The summed E-state index contributed by atoms with van der Waals surface area (Å²) in [6, 6.07) is 19.9. The van der Waals surface area contributed by atoms with Crippen LogP contribution in [0, 0.1) is 5.92 Å². The first-order valence-corrected chi connectivity index (χ1v) is 12.3. The molecule has 0 aliphatic heterocycles. The second kappa shape index (κ2) is 8.67. The lowest BCUT2D eigenvalue weighted by Gasteiger charge is -2.34. The Kier molecular flexibility index (Phi) is 5.71. The molecular weight excluding hydrogens is 396 g/mol. The minimum absolute atomic E-state index is 0.301. The molecule has 2 unspecified atom stereocenters. The number of rotatable bonds is 5. The van der Waals surface area contributed by atoms with Crippen LogP contribution in [0.25, 0.3) is 5.57 Å². The van der Waals surface area contributed by atoms with E-state index in [4.69, 9.17) is 6.58 Å². The maximum absolute atomic E-state index is 4.70. The molecule has 0 aromatic heterocycles. The van der Waals surface area contributed by atoms with Crippen molar-refractivity contribution in [2.75, 3.05) is 0 Å². The van der Waals surface area contributed by atoms with Crippen LogP contribution < -0.4 is 0 Å². The van der Waals surface area contributed by atoms with Crippen LogP contribution in [0.2, 0.25) is 0 Å². The molecule has 33 heavy (non-hydrogen) atoms. The normalized spacial score (nSPS) is 23.2. The first-order valence-electron chi connectivity index (χ1n) is 12.3. The van der Waals surface area contributed by atoms with Crippen molar-refractivity contribution < 1.29 is 0 Å². The largest absolute Gasteiger partial charge is 0.0955 e. The van der Waals surface area contributed by atoms with Crippen LogP contribution in [-0.4, -0.2) is 0 Å². The summed E-state index contributed by atoms with van der Waals surface area (Å²) >= 11 is 0. The molecule has 166 valence electrons. The highest BCUT2D eigenvalue weighted by Crippen LogP contribution is 2.55. The van der Waals surface area contributed by atoms with E-state index in [9.17, 15) is 0 Å². The zero-order valence-corrected chi connectivity index (χ0v) is 20.2. The maximum Gasteiger partial charge on any atom is 0.0201 e. The quantitative estimate of drug-likeness (QED) is 0.444. The summed E-state index contributed by atoms with van der Waals surface area (Å²) in [5.41, 5.74) is 15.4. The number of benzene rings is 2. The van der Waals surface area contributed by atoms with E-state index in [0.717, 1.165) is 25.7 Å². The fourth-order valence-electron chi connectivity index (χ4n) is 6.21. The van der Waals surface area contributed by atoms with Gasteiger partial charge in [-0.05, 0) is 77.7 Å². The Hall–Kier alpha value is -3.12. The zero-order valence-electron chi connectivity index (χ0n) is 20.2. The molecule has 1 fully saturated rings. The highest BCUT2D eigenvalue weighted by molar-refractivity contribution is 5.84. The standard InChI is InChI=1S/C33H34/c1-6-12-21(2)31-23(4)18-28-19-27(20-30-22(3)17-26-15-10-11-16-29(26)30)24(5)32(28)33(31)25-13-8-7-9-14-25/h7-11,13-16,18,20,32-33H,2,5-6,12,17,19H2,1,3-4H3/b27-20+. The Labute approximate surface area is 199 Å². The second-order valence-corrected chi connectivity index (χ2v) is 9.94. The number of hydrogen-bond donors (Lipinski definition) is 0. The SMILES string of the molecule is C=C(CCC)C1=C(C)C=C2C/C(=C\C3=C(C)Cc4ccccc43)C(=C)C2C1c1ccccc1. The Morgan fingerprint density at radius 1 is 0.970 bits per heavy atom. The van der Waals surface area contributed by atoms with Crippen molar-refractivity contribution in [1.82, 2.24) is 0 Å². The zero-order chi connectivity index (χ0) is 23.1. The van der Waals surface area contributed by atoms with E-state index in [1.807, 2.05) is 0 Å². The van der Waals surface area contributed by atoms with Crippen LogP contribution in [0.3, 0.4) is 0 Å². The average Bonchev–Trinajstić information content (AvgIpc) is 3.29. The minimum Gasteiger partial charge on any atom is -0.0955 e.